The third-order valence-electron chi connectivity index (χ3n) is 2.51. The molecule has 3 N–H and O–H groups in total. The first-order valence-electron chi connectivity index (χ1n) is 5.78. The zero-order chi connectivity index (χ0) is 14.0. The van der Waals surface area contributed by atoms with Gasteiger partial charge in [-0.05, 0) is 19.1 Å². The Morgan fingerprint density at radius 1 is 1.50 bits per heavy atom. The normalized spacial score (nSPS) is 17.3. The molecule has 0 aromatic heterocycles. The number of nitrogens with zero attached hydrogens (tertiary/aromatic N) is 1. The molecule has 0 bridgehead atoms. The summed E-state index contributed by atoms with van der Waals surface area (Å²) in [6, 6.07) is 0. The monoisotopic (exact) mass is 277 g/mol. The molecule has 0 aromatic carbocycles. The van der Waals surface area contributed by atoms with Crippen LogP contribution in [0.3, 0.4) is 0 Å². The molecule has 106 valence electrons. The van der Waals surface area contributed by atoms with Gasteiger partial charge in [0.1, 0.15) is 18.3 Å². The number of rotatable bonds is 9. The van der Waals surface area contributed by atoms with E-state index in [1.54, 1.807) is 0 Å². The summed E-state index contributed by atoms with van der Waals surface area (Å²) in [5.74, 6) is 0. The van der Waals surface area contributed by atoms with Crippen LogP contribution < -0.4 is 0 Å². The molecule has 0 radical (unpaired) electrons. The van der Waals surface area contributed by atoms with E-state index < -0.39 is 18.3 Å². The Balaban J connectivity index is 4.31. The predicted molar refractivity (Wildman–Crippen MR) is 75.1 cm³/mol. The molecule has 0 unspecified atom stereocenters. The molecule has 0 heterocycles. The van der Waals surface area contributed by atoms with E-state index in [1.165, 1.54) is 18.9 Å². The van der Waals surface area contributed by atoms with Gasteiger partial charge >= 0.3 is 0 Å². The molecule has 0 saturated carbocycles. The number of ether oxygens (including phenoxy) is 1. The van der Waals surface area contributed by atoms with Gasteiger partial charge in [-0.25, -0.2) is 0 Å². The summed E-state index contributed by atoms with van der Waals surface area (Å²) < 4.78 is 4.85. The minimum atomic E-state index is -1.15. The van der Waals surface area contributed by atoms with Gasteiger partial charge < -0.3 is 20.1 Å². The maximum Gasteiger partial charge on any atom is 0.110 e. The van der Waals surface area contributed by atoms with Gasteiger partial charge in [0.2, 0.25) is 0 Å². The van der Waals surface area contributed by atoms with Gasteiger partial charge in [-0.1, -0.05) is 6.08 Å². The Morgan fingerprint density at radius 2 is 2.17 bits per heavy atom. The first kappa shape index (κ1) is 17.6. The molecule has 0 aliphatic rings. The number of hydrogen-bond acceptors (Lipinski definition) is 6. The van der Waals surface area contributed by atoms with E-state index in [-0.39, 0.29) is 13.2 Å². The summed E-state index contributed by atoms with van der Waals surface area (Å²) >= 11 is 1.51. The lowest BCUT2D eigenvalue weighted by molar-refractivity contribution is -0.0892. The molecule has 0 aliphatic heterocycles. The summed E-state index contributed by atoms with van der Waals surface area (Å²) in [4.78, 5) is 4.24. The van der Waals surface area contributed by atoms with Gasteiger partial charge in [-0.15, -0.1) is 18.3 Å². The van der Waals surface area contributed by atoms with Crippen molar-refractivity contribution < 1.29 is 20.1 Å². The maximum atomic E-state index is 9.74. The lowest BCUT2D eigenvalue weighted by atomic mass is 10.1. The summed E-state index contributed by atoms with van der Waals surface area (Å²) in [6.07, 6.45) is 2.34. The van der Waals surface area contributed by atoms with Gasteiger partial charge in [0.15, 0.2) is 0 Å². The Hall–Kier alpha value is -0.400. The number of aliphatic hydroxyl groups excluding tert-OH is 3. The van der Waals surface area contributed by atoms with Gasteiger partial charge in [-0.3, -0.25) is 4.99 Å². The summed E-state index contributed by atoms with van der Waals surface area (Å²) in [5.41, 5.74) is 0. The third-order valence-corrected chi connectivity index (χ3v) is 3.31. The lowest BCUT2D eigenvalue weighted by Gasteiger charge is -2.23. The highest BCUT2D eigenvalue weighted by atomic mass is 32.2. The molecule has 0 rings (SSSR count). The van der Waals surface area contributed by atoms with Crippen molar-refractivity contribution in [2.75, 3.05) is 26.5 Å². The molecule has 6 heteroatoms. The van der Waals surface area contributed by atoms with Crippen LogP contribution in [-0.2, 0) is 4.74 Å². The Kier molecular flexibility index (Phi) is 10.3. The first-order chi connectivity index (χ1) is 8.60. The molecule has 0 fully saturated rings. The minimum absolute atomic E-state index is 0.0916. The van der Waals surface area contributed by atoms with Crippen LogP contribution >= 0.6 is 11.8 Å². The van der Waals surface area contributed by atoms with E-state index in [2.05, 4.69) is 11.6 Å². The second-order valence-corrected chi connectivity index (χ2v) is 4.66. The molecular weight excluding hydrogens is 254 g/mol. The highest BCUT2D eigenvalue weighted by Gasteiger charge is 2.25. The Labute approximate surface area is 113 Å². The fraction of sp³-hybridized carbons (Fsp3) is 0.750. The average molecular weight is 277 g/mol. The van der Waals surface area contributed by atoms with Crippen molar-refractivity contribution in [3.05, 3.63) is 12.7 Å². The molecule has 0 amide bonds. The zero-order valence-corrected chi connectivity index (χ0v) is 11.8. The summed E-state index contributed by atoms with van der Waals surface area (Å²) in [7, 11) is 1.37. The molecule has 0 aliphatic carbocycles. The Morgan fingerprint density at radius 3 is 2.61 bits per heavy atom. The van der Waals surface area contributed by atoms with Crippen LogP contribution in [0.2, 0.25) is 0 Å². The average Bonchev–Trinajstić information content (AvgIpc) is 2.39. The standard InChI is InChI=1S/C12H23NO4S/c1-4-5-6-11(18-3)13-7-9(15)12(16)10(8-14)17-2/h4,9-10,12,14-16H,1,5-8H2,2-3H3/t9-,10-,12+/m1/s1. The van der Waals surface area contributed by atoms with E-state index in [4.69, 9.17) is 9.84 Å². The molecule has 0 spiro atoms. The van der Waals surface area contributed by atoms with E-state index in [0.29, 0.717) is 0 Å². The van der Waals surface area contributed by atoms with Gasteiger partial charge in [-0.2, -0.15) is 0 Å². The van der Waals surface area contributed by atoms with Crippen LogP contribution in [0, 0.1) is 0 Å². The highest BCUT2D eigenvalue weighted by Crippen LogP contribution is 2.09. The second-order valence-electron chi connectivity index (χ2n) is 3.78. The highest BCUT2D eigenvalue weighted by molar-refractivity contribution is 8.13. The van der Waals surface area contributed by atoms with Gasteiger partial charge in [0.25, 0.3) is 0 Å². The van der Waals surface area contributed by atoms with E-state index >= 15 is 0 Å². The van der Waals surface area contributed by atoms with Gasteiger partial charge in [0.05, 0.1) is 18.2 Å². The molecule has 0 aromatic rings. The summed E-state index contributed by atoms with van der Waals surface area (Å²) in [6.45, 7) is 3.39. The van der Waals surface area contributed by atoms with Crippen molar-refractivity contribution in [2.24, 2.45) is 4.99 Å². The number of methoxy groups -OCH3 is 1. The number of thioether (sulfide) groups is 1. The van der Waals surface area contributed by atoms with Crippen LogP contribution in [0.5, 0.6) is 0 Å². The van der Waals surface area contributed by atoms with Crippen LogP contribution in [-0.4, -0.2) is 65.2 Å². The summed E-state index contributed by atoms with van der Waals surface area (Å²) in [5, 5.41) is 29.3. The largest absolute Gasteiger partial charge is 0.394 e. The SMILES string of the molecule is C=CCCC(=NC[C@@H](O)[C@H](O)[C@@H](CO)OC)SC. The van der Waals surface area contributed by atoms with Crippen LogP contribution in [0.15, 0.2) is 17.6 Å². The molecule has 0 saturated heterocycles. The zero-order valence-electron chi connectivity index (χ0n) is 11.0. The Bertz CT molecular complexity index is 256. The maximum absolute atomic E-state index is 9.74. The number of aliphatic hydroxyl groups is 3. The molecular formula is C12H23NO4S. The van der Waals surface area contributed by atoms with E-state index in [1.807, 2.05) is 12.3 Å². The number of allylic oxidation sites excluding steroid dienone is 1. The quantitative estimate of drug-likeness (QED) is 0.324. The fourth-order valence-electron chi connectivity index (χ4n) is 1.34. The molecule has 3 atom stereocenters. The lowest BCUT2D eigenvalue weighted by Crippen LogP contribution is -2.42. The van der Waals surface area contributed by atoms with E-state index in [9.17, 15) is 10.2 Å². The van der Waals surface area contributed by atoms with Gasteiger partial charge in [0, 0.05) is 7.11 Å². The predicted octanol–water partition coefficient (Wildman–Crippen LogP) is 0.443. The number of hydrogen-bond donors (Lipinski definition) is 3. The third kappa shape index (κ3) is 6.51. The van der Waals surface area contributed by atoms with Crippen molar-refractivity contribution in [3.8, 4) is 0 Å². The van der Waals surface area contributed by atoms with Crippen LogP contribution in [0.1, 0.15) is 12.8 Å². The van der Waals surface area contributed by atoms with Crippen molar-refractivity contribution in [1.29, 1.82) is 0 Å². The number of aliphatic imine (C=N–C) groups is 1. The molecule has 5 nitrogen and oxygen atoms in total. The van der Waals surface area contributed by atoms with Crippen LogP contribution in [0.4, 0.5) is 0 Å². The first-order valence-corrected chi connectivity index (χ1v) is 7.01. The molecule has 18 heavy (non-hydrogen) atoms. The second kappa shape index (κ2) is 10.5. The van der Waals surface area contributed by atoms with Crippen molar-refractivity contribution in [2.45, 2.75) is 31.2 Å². The smallest absolute Gasteiger partial charge is 0.110 e. The fourth-order valence-corrected chi connectivity index (χ4v) is 1.87. The van der Waals surface area contributed by atoms with Crippen molar-refractivity contribution >= 4 is 16.8 Å². The van der Waals surface area contributed by atoms with Crippen molar-refractivity contribution in [3.63, 3.8) is 0 Å². The van der Waals surface area contributed by atoms with Crippen LogP contribution in [0.25, 0.3) is 0 Å². The van der Waals surface area contributed by atoms with E-state index in [0.717, 1.165) is 17.9 Å². The minimum Gasteiger partial charge on any atom is -0.394 e. The van der Waals surface area contributed by atoms with Crippen molar-refractivity contribution in [1.82, 2.24) is 0 Å². The topological polar surface area (TPSA) is 82.3 Å².